The van der Waals surface area contributed by atoms with Gasteiger partial charge in [0.25, 0.3) is 0 Å². The Labute approximate surface area is 104 Å². The fraction of sp³-hybridized carbons (Fsp3) is 0.333. The Morgan fingerprint density at radius 3 is 2.50 bits per heavy atom. The van der Waals surface area contributed by atoms with E-state index in [1.807, 2.05) is 0 Å². The first-order chi connectivity index (χ1) is 8.49. The van der Waals surface area contributed by atoms with Crippen LogP contribution < -0.4 is 5.32 Å². The monoisotopic (exact) mass is 254 g/mol. The van der Waals surface area contributed by atoms with Crippen molar-refractivity contribution in [2.45, 2.75) is 13.0 Å². The van der Waals surface area contributed by atoms with Crippen molar-refractivity contribution in [2.24, 2.45) is 0 Å². The molecule has 0 atom stereocenters. The molecule has 0 fully saturated rings. The average molecular weight is 254 g/mol. The zero-order chi connectivity index (χ0) is 13.5. The normalized spacial score (nSPS) is 9.89. The van der Waals surface area contributed by atoms with Crippen molar-refractivity contribution in [2.75, 3.05) is 13.6 Å². The maximum atomic E-state index is 12.6. The number of carboxylic acids is 1. The number of hydrogen-bond acceptors (Lipinski definition) is 2. The summed E-state index contributed by atoms with van der Waals surface area (Å²) < 4.78 is 12.6. The van der Waals surface area contributed by atoms with Gasteiger partial charge in [-0.2, -0.15) is 0 Å². The molecule has 0 heterocycles. The minimum absolute atomic E-state index is 0.0968. The van der Waals surface area contributed by atoms with Crippen molar-refractivity contribution in [3.63, 3.8) is 0 Å². The Morgan fingerprint density at radius 2 is 1.94 bits per heavy atom. The highest BCUT2D eigenvalue weighted by Gasteiger charge is 2.09. The summed E-state index contributed by atoms with van der Waals surface area (Å²) in [5.74, 6) is -1.28. The minimum Gasteiger partial charge on any atom is -0.481 e. The van der Waals surface area contributed by atoms with E-state index in [-0.39, 0.29) is 31.4 Å². The highest BCUT2D eigenvalue weighted by atomic mass is 19.1. The Kier molecular flexibility index (Phi) is 5.10. The minimum atomic E-state index is -0.951. The number of hydrogen-bond donors (Lipinski definition) is 2. The number of halogens is 1. The number of urea groups is 1. The maximum absolute atomic E-state index is 12.6. The van der Waals surface area contributed by atoms with Gasteiger partial charge in [0.2, 0.25) is 0 Å². The molecule has 18 heavy (non-hydrogen) atoms. The number of aliphatic carboxylic acids is 1. The van der Waals surface area contributed by atoms with E-state index >= 15 is 0 Å². The molecule has 2 amide bonds. The number of carboxylic acid groups (broad SMARTS) is 1. The van der Waals surface area contributed by atoms with Gasteiger partial charge in [-0.25, -0.2) is 9.18 Å². The van der Waals surface area contributed by atoms with Gasteiger partial charge >= 0.3 is 12.0 Å². The van der Waals surface area contributed by atoms with Gasteiger partial charge in [0.1, 0.15) is 5.82 Å². The predicted molar refractivity (Wildman–Crippen MR) is 63.5 cm³/mol. The number of carbonyl (C=O) groups is 2. The third-order valence-electron chi connectivity index (χ3n) is 2.36. The molecular formula is C12H15FN2O3. The molecule has 1 rings (SSSR count). The lowest BCUT2D eigenvalue weighted by Crippen LogP contribution is -2.37. The van der Waals surface area contributed by atoms with Crippen molar-refractivity contribution in [1.29, 1.82) is 0 Å². The summed E-state index contributed by atoms with van der Waals surface area (Å²) >= 11 is 0. The van der Waals surface area contributed by atoms with Crippen LogP contribution in [-0.2, 0) is 11.3 Å². The standard InChI is InChI=1S/C12H15FN2O3/c1-15(7-6-11(16)17)12(18)14-8-9-2-4-10(13)5-3-9/h2-5H,6-8H2,1H3,(H,14,18)(H,16,17). The van der Waals surface area contributed by atoms with E-state index in [4.69, 9.17) is 5.11 Å². The Bertz CT molecular complexity index is 420. The Balaban J connectivity index is 2.36. The van der Waals surface area contributed by atoms with Crippen LogP contribution in [-0.4, -0.2) is 35.6 Å². The Morgan fingerprint density at radius 1 is 1.33 bits per heavy atom. The summed E-state index contributed by atoms with van der Waals surface area (Å²) in [6.45, 7) is 0.418. The molecular weight excluding hydrogens is 239 g/mol. The highest BCUT2D eigenvalue weighted by molar-refractivity contribution is 5.74. The molecule has 5 nitrogen and oxygen atoms in total. The van der Waals surface area contributed by atoms with Crippen LogP contribution in [0.5, 0.6) is 0 Å². The van der Waals surface area contributed by atoms with Crippen molar-refractivity contribution in [3.05, 3.63) is 35.6 Å². The molecule has 0 spiro atoms. The van der Waals surface area contributed by atoms with E-state index in [1.165, 1.54) is 24.1 Å². The fourth-order valence-corrected chi connectivity index (χ4v) is 1.28. The van der Waals surface area contributed by atoms with Crippen LogP contribution in [0.15, 0.2) is 24.3 Å². The number of amides is 2. The van der Waals surface area contributed by atoms with Crippen LogP contribution in [0.1, 0.15) is 12.0 Å². The van der Waals surface area contributed by atoms with E-state index in [0.29, 0.717) is 0 Å². The molecule has 98 valence electrons. The molecule has 0 saturated heterocycles. The second-order valence-electron chi connectivity index (χ2n) is 3.85. The molecule has 0 bridgehead atoms. The van der Waals surface area contributed by atoms with Crippen LogP contribution in [0.2, 0.25) is 0 Å². The van der Waals surface area contributed by atoms with Gasteiger partial charge in [-0.05, 0) is 17.7 Å². The maximum Gasteiger partial charge on any atom is 0.317 e. The van der Waals surface area contributed by atoms with Gasteiger partial charge in [-0.1, -0.05) is 12.1 Å². The topological polar surface area (TPSA) is 69.6 Å². The highest BCUT2D eigenvalue weighted by Crippen LogP contribution is 2.02. The molecule has 0 aliphatic carbocycles. The van der Waals surface area contributed by atoms with Gasteiger partial charge in [0.05, 0.1) is 6.42 Å². The van der Waals surface area contributed by atoms with E-state index in [2.05, 4.69) is 5.32 Å². The van der Waals surface area contributed by atoms with Gasteiger partial charge in [-0.15, -0.1) is 0 Å². The summed E-state index contributed by atoms with van der Waals surface area (Å²) in [4.78, 5) is 23.2. The van der Waals surface area contributed by atoms with Crippen LogP contribution in [0.3, 0.4) is 0 Å². The summed E-state index contributed by atoms with van der Waals surface area (Å²) in [6.07, 6.45) is -0.0968. The fourth-order valence-electron chi connectivity index (χ4n) is 1.28. The first-order valence-corrected chi connectivity index (χ1v) is 5.44. The molecule has 0 radical (unpaired) electrons. The molecule has 1 aromatic carbocycles. The predicted octanol–water partition coefficient (Wildman–Crippen LogP) is 1.44. The largest absolute Gasteiger partial charge is 0.481 e. The first kappa shape index (κ1) is 14.0. The smallest absolute Gasteiger partial charge is 0.317 e. The third kappa shape index (κ3) is 4.82. The lowest BCUT2D eigenvalue weighted by molar-refractivity contribution is -0.137. The van der Waals surface area contributed by atoms with E-state index in [1.54, 1.807) is 12.1 Å². The van der Waals surface area contributed by atoms with Crippen LogP contribution in [0.25, 0.3) is 0 Å². The molecule has 2 N–H and O–H groups in total. The molecule has 6 heteroatoms. The van der Waals surface area contributed by atoms with Crippen molar-refractivity contribution < 1.29 is 19.1 Å². The molecule has 0 aliphatic heterocycles. The summed E-state index contributed by atoms with van der Waals surface area (Å²) in [5, 5.41) is 11.1. The summed E-state index contributed by atoms with van der Waals surface area (Å²) in [7, 11) is 1.52. The molecule has 0 unspecified atom stereocenters. The quantitative estimate of drug-likeness (QED) is 0.835. The van der Waals surface area contributed by atoms with Gasteiger partial charge in [0, 0.05) is 20.1 Å². The molecule has 0 aromatic heterocycles. The number of benzene rings is 1. The second-order valence-corrected chi connectivity index (χ2v) is 3.85. The van der Waals surface area contributed by atoms with Crippen LogP contribution in [0.4, 0.5) is 9.18 Å². The van der Waals surface area contributed by atoms with E-state index in [0.717, 1.165) is 5.56 Å². The van der Waals surface area contributed by atoms with Crippen molar-refractivity contribution in [1.82, 2.24) is 10.2 Å². The number of nitrogens with one attached hydrogen (secondary N) is 1. The first-order valence-electron chi connectivity index (χ1n) is 5.44. The van der Waals surface area contributed by atoms with Crippen molar-refractivity contribution in [3.8, 4) is 0 Å². The van der Waals surface area contributed by atoms with Gasteiger partial charge in [0.15, 0.2) is 0 Å². The van der Waals surface area contributed by atoms with Crippen LogP contribution in [0, 0.1) is 5.82 Å². The van der Waals surface area contributed by atoms with E-state index in [9.17, 15) is 14.0 Å². The molecule has 0 aliphatic rings. The average Bonchev–Trinajstić information content (AvgIpc) is 2.34. The third-order valence-corrected chi connectivity index (χ3v) is 2.36. The van der Waals surface area contributed by atoms with E-state index < -0.39 is 5.97 Å². The molecule has 1 aromatic rings. The number of nitrogens with zero attached hydrogens (tertiary/aromatic N) is 1. The van der Waals surface area contributed by atoms with Gasteiger partial charge < -0.3 is 15.3 Å². The molecule has 0 saturated carbocycles. The zero-order valence-corrected chi connectivity index (χ0v) is 10.0. The summed E-state index contributed by atoms with van der Waals surface area (Å²) in [5.41, 5.74) is 0.774. The lowest BCUT2D eigenvalue weighted by atomic mass is 10.2. The van der Waals surface area contributed by atoms with Gasteiger partial charge in [-0.3, -0.25) is 4.79 Å². The lowest BCUT2D eigenvalue weighted by Gasteiger charge is -2.16. The second kappa shape index (κ2) is 6.58. The SMILES string of the molecule is CN(CCC(=O)O)C(=O)NCc1ccc(F)cc1. The summed E-state index contributed by atoms with van der Waals surface area (Å²) in [6, 6.07) is 5.42. The Hall–Kier alpha value is -2.11. The zero-order valence-electron chi connectivity index (χ0n) is 10.0. The number of rotatable bonds is 5. The number of carbonyl (C=O) groups excluding carboxylic acids is 1. The van der Waals surface area contributed by atoms with Crippen molar-refractivity contribution >= 4 is 12.0 Å². The van der Waals surface area contributed by atoms with Crippen LogP contribution >= 0.6 is 0 Å².